The highest BCUT2D eigenvalue weighted by atomic mass is 35.5. The minimum absolute atomic E-state index is 0.136. The largest absolute Gasteiger partial charge is 0.496 e. The molecule has 0 amide bonds. The molecular formula is C9H14Cl2O2. The van der Waals surface area contributed by atoms with Crippen LogP contribution in [0.1, 0.15) is 6.42 Å². The third kappa shape index (κ3) is 5.19. The number of alkyl halides is 1. The van der Waals surface area contributed by atoms with Gasteiger partial charge < -0.3 is 9.47 Å². The molecule has 0 aliphatic rings. The van der Waals surface area contributed by atoms with Gasteiger partial charge >= 0.3 is 0 Å². The number of hydrogen-bond donors (Lipinski definition) is 0. The van der Waals surface area contributed by atoms with Crippen molar-refractivity contribution in [1.82, 2.24) is 0 Å². The van der Waals surface area contributed by atoms with Gasteiger partial charge in [-0.25, -0.2) is 0 Å². The maximum absolute atomic E-state index is 5.92. The van der Waals surface area contributed by atoms with Crippen molar-refractivity contribution in [1.29, 1.82) is 0 Å². The molecule has 0 saturated heterocycles. The summed E-state index contributed by atoms with van der Waals surface area (Å²) in [6.07, 6.45) is 2.07. The summed E-state index contributed by atoms with van der Waals surface area (Å²) in [5.74, 6) is 0.559. The number of rotatable bonds is 6. The Morgan fingerprint density at radius 1 is 1.54 bits per heavy atom. The molecule has 2 nitrogen and oxygen atoms in total. The lowest BCUT2D eigenvalue weighted by Crippen LogP contribution is -2.07. The summed E-state index contributed by atoms with van der Waals surface area (Å²) < 4.78 is 9.84. The highest BCUT2D eigenvalue weighted by molar-refractivity contribution is 6.31. The van der Waals surface area contributed by atoms with Crippen molar-refractivity contribution < 1.29 is 9.47 Å². The molecule has 0 aromatic carbocycles. The van der Waals surface area contributed by atoms with Gasteiger partial charge in [-0.3, -0.25) is 0 Å². The lowest BCUT2D eigenvalue weighted by Gasteiger charge is -2.09. The van der Waals surface area contributed by atoms with E-state index >= 15 is 0 Å². The van der Waals surface area contributed by atoms with Crippen LogP contribution in [0.3, 0.4) is 0 Å². The molecule has 1 unspecified atom stereocenters. The van der Waals surface area contributed by atoms with Crippen LogP contribution >= 0.6 is 23.2 Å². The zero-order valence-electron chi connectivity index (χ0n) is 7.85. The van der Waals surface area contributed by atoms with Crippen LogP contribution in [0.2, 0.25) is 0 Å². The van der Waals surface area contributed by atoms with Crippen LogP contribution in [0.5, 0.6) is 0 Å². The zero-order valence-corrected chi connectivity index (χ0v) is 9.36. The van der Waals surface area contributed by atoms with Crippen molar-refractivity contribution in [3.05, 3.63) is 23.4 Å². The van der Waals surface area contributed by atoms with Crippen LogP contribution in [0.4, 0.5) is 0 Å². The van der Waals surface area contributed by atoms with Crippen molar-refractivity contribution in [2.45, 2.75) is 11.8 Å². The third-order valence-corrected chi connectivity index (χ3v) is 2.04. The van der Waals surface area contributed by atoms with Gasteiger partial charge in [-0.1, -0.05) is 18.2 Å². The summed E-state index contributed by atoms with van der Waals surface area (Å²) >= 11 is 11.8. The number of halogens is 2. The van der Waals surface area contributed by atoms with E-state index in [1.165, 1.54) is 0 Å². The highest BCUT2D eigenvalue weighted by Crippen LogP contribution is 2.20. The molecule has 1 atom stereocenters. The van der Waals surface area contributed by atoms with E-state index in [0.29, 0.717) is 23.8 Å². The molecule has 13 heavy (non-hydrogen) atoms. The van der Waals surface area contributed by atoms with Crippen LogP contribution in [-0.2, 0) is 9.47 Å². The van der Waals surface area contributed by atoms with Gasteiger partial charge in [0.25, 0.3) is 0 Å². The van der Waals surface area contributed by atoms with Gasteiger partial charge in [0.15, 0.2) is 0 Å². The lowest BCUT2D eigenvalue weighted by atomic mass is 10.2. The molecule has 0 aliphatic carbocycles. The molecular weight excluding hydrogens is 211 g/mol. The first-order valence-electron chi connectivity index (χ1n) is 3.83. The Morgan fingerprint density at radius 3 is 2.54 bits per heavy atom. The van der Waals surface area contributed by atoms with Crippen LogP contribution < -0.4 is 0 Å². The Hall–Kier alpha value is -0.180. The monoisotopic (exact) mass is 224 g/mol. The minimum Gasteiger partial charge on any atom is -0.496 e. The quantitative estimate of drug-likeness (QED) is 0.393. The molecule has 0 aromatic heterocycles. The van der Waals surface area contributed by atoms with E-state index in [0.717, 1.165) is 0 Å². The first-order chi connectivity index (χ1) is 6.15. The van der Waals surface area contributed by atoms with Gasteiger partial charge in [0.1, 0.15) is 5.76 Å². The standard InChI is InChI=1S/C9H14Cl2O2/c1-4-9(13-3)8(11)5-7(10)6-12-2/h4,7H,1,5-6H2,2-3H3/b9-8-. The Bertz CT molecular complexity index is 190. The van der Waals surface area contributed by atoms with E-state index in [1.807, 2.05) is 0 Å². The molecule has 0 spiro atoms. The smallest absolute Gasteiger partial charge is 0.132 e. The highest BCUT2D eigenvalue weighted by Gasteiger charge is 2.09. The predicted octanol–water partition coefficient (Wildman–Crippen LogP) is 2.91. The van der Waals surface area contributed by atoms with Gasteiger partial charge in [-0.15, -0.1) is 11.6 Å². The molecule has 0 fully saturated rings. The number of allylic oxidation sites excluding steroid dienone is 2. The Labute approximate surface area is 89.1 Å². The average molecular weight is 225 g/mol. The second kappa shape index (κ2) is 7.25. The molecule has 4 heteroatoms. The Morgan fingerprint density at radius 2 is 2.15 bits per heavy atom. The maximum atomic E-state index is 5.92. The Kier molecular flexibility index (Phi) is 7.14. The van der Waals surface area contributed by atoms with Crippen molar-refractivity contribution in [3.63, 3.8) is 0 Å². The molecule has 0 aliphatic heterocycles. The van der Waals surface area contributed by atoms with E-state index in [-0.39, 0.29) is 5.38 Å². The predicted molar refractivity (Wildman–Crippen MR) is 56.2 cm³/mol. The number of methoxy groups -OCH3 is 2. The van der Waals surface area contributed by atoms with E-state index in [4.69, 9.17) is 32.7 Å². The second-order valence-corrected chi connectivity index (χ2v) is 3.51. The molecule has 76 valence electrons. The summed E-state index contributed by atoms with van der Waals surface area (Å²) in [7, 11) is 3.14. The Balaban J connectivity index is 4.16. The van der Waals surface area contributed by atoms with E-state index < -0.39 is 0 Å². The third-order valence-electron chi connectivity index (χ3n) is 1.42. The van der Waals surface area contributed by atoms with Gasteiger partial charge in [-0.2, -0.15) is 0 Å². The lowest BCUT2D eigenvalue weighted by molar-refractivity contribution is 0.197. The van der Waals surface area contributed by atoms with Crippen molar-refractivity contribution >= 4 is 23.2 Å². The fourth-order valence-electron chi connectivity index (χ4n) is 0.840. The van der Waals surface area contributed by atoms with Gasteiger partial charge in [0.2, 0.25) is 0 Å². The average Bonchev–Trinajstić information content (AvgIpc) is 2.06. The normalized spacial score (nSPS) is 14.8. The SMILES string of the molecule is C=C/C(OC)=C(/Cl)CC(Cl)COC. The topological polar surface area (TPSA) is 18.5 Å². The minimum atomic E-state index is -0.136. The molecule has 0 aromatic rings. The molecule has 0 rings (SSSR count). The second-order valence-electron chi connectivity index (χ2n) is 2.43. The molecule has 0 radical (unpaired) electrons. The van der Waals surface area contributed by atoms with Gasteiger partial charge in [-0.05, 0) is 6.08 Å². The first kappa shape index (κ1) is 12.8. The van der Waals surface area contributed by atoms with E-state index in [2.05, 4.69) is 6.58 Å². The fourth-order valence-corrected chi connectivity index (χ4v) is 1.54. The van der Waals surface area contributed by atoms with Crippen LogP contribution in [0.15, 0.2) is 23.4 Å². The van der Waals surface area contributed by atoms with Gasteiger partial charge in [0.05, 0.1) is 24.1 Å². The van der Waals surface area contributed by atoms with Crippen LogP contribution in [0, 0.1) is 0 Å². The maximum Gasteiger partial charge on any atom is 0.132 e. The molecule has 0 N–H and O–H groups in total. The van der Waals surface area contributed by atoms with E-state index in [1.54, 1.807) is 20.3 Å². The van der Waals surface area contributed by atoms with Crippen LogP contribution in [0.25, 0.3) is 0 Å². The summed E-state index contributed by atoms with van der Waals surface area (Å²) in [6.45, 7) is 4.03. The van der Waals surface area contributed by atoms with Crippen molar-refractivity contribution in [2.24, 2.45) is 0 Å². The van der Waals surface area contributed by atoms with Crippen LogP contribution in [-0.4, -0.2) is 26.2 Å². The summed E-state index contributed by atoms with van der Waals surface area (Å²) in [4.78, 5) is 0. The zero-order chi connectivity index (χ0) is 10.3. The van der Waals surface area contributed by atoms with Crippen molar-refractivity contribution in [3.8, 4) is 0 Å². The van der Waals surface area contributed by atoms with Crippen molar-refractivity contribution in [2.75, 3.05) is 20.8 Å². The summed E-state index contributed by atoms with van der Waals surface area (Å²) in [5, 5.41) is 0.428. The van der Waals surface area contributed by atoms with E-state index in [9.17, 15) is 0 Å². The van der Waals surface area contributed by atoms with Gasteiger partial charge in [0, 0.05) is 13.5 Å². The number of ether oxygens (including phenoxy) is 2. The number of hydrogen-bond acceptors (Lipinski definition) is 2. The summed E-state index contributed by atoms with van der Waals surface area (Å²) in [6, 6.07) is 0. The first-order valence-corrected chi connectivity index (χ1v) is 4.65. The molecule has 0 bridgehead atoms. The molecule has 0 saturated carbocycles. The fraction of sp³-hybridized carbons (Fsp3) is 0.556. The summed E-state index contributed by atoms with van der Waals surface area (Å²) in [5.41, 5.74) is 0. The molecule has 0 heterocycles.